The zero-order valence-corrected chi connectivity index (χ0v) is 8.98. The molecule has 3 nitrogen and oxygen atoms in total. The lowest BCUT2D eigenvalue weighted by molar-refractivity contribution is -0.0796. The Hall–Kier alpha value is -1.06. The van der Waals surface area contributed by atoms with Gasteiger partial charge in [0, 0.05) is 6.04 Å². The van der Waals surface area contributed by atoms with Crippen LogP contribution in [0.25, 0.3) is 0 Å². The number of benzene rings is 1. The SMILES string of the molecule is CCC(N)c1ccc(OC2COC2)cc1. The van der Waals surface area contributed by atoms with Gasteiger partial charge in [-0.05, 0) is 24.1 Å². The van der Waals surface area contributed by atoms with Crippen molar-refractivity contribution in [2.75, 3.05) is 13.2 Å². The van der Waals surface area contributed by atoms with Gasteiger partial charge in [0.1, 0.15) is 11.9 Å². The number of hydrogen-bond acceptors (Lipinski definition) is 3. The topological polar surface area (TPSA) is 44.5 Å². The predicted octanol–water partition coefficient (Wildman–Crippen LogP) is 1.87. The second kappa shape index (κ2) is 4.64. The minimum atomic E-state index is 0.131. The highest BCUT2D eigenvalue weighted by Gasteiger charge is 2.19. The summed E-state index contributed by atoms with van der Waals surface area (Å²) in [4.78, 5) is 0. The van der Waals surface area contributed by atoms with Gasteiger partial charge in [0.25, 0.3) is 0 Å². The van der Waals surface area contributed by atoms with E-state index in [1.54, 1.807) is 0 Å². The molecule has 0 saturated carbocycles. The molecule has 1 aromatic rings. The zero-order valence-electron chi connectivity index (χ0n) is 8.98. The summed E-state index contributed by atoms with van der Waals surface area (Å²) in [5, 5.41) is 0. The number of ether oxygens (including phenoxy) is 2. The molecule has 1 aromatic carbocycles. The molecule has 0 bridgehead atoms. The van der Waals surface area contributed by atoms with Crippen LogP contribution in [-0.2, 0) is 4.74 Å². The second-order valence-corrected chi connectivity index (χ2v) is 3.86. The van der Waals surface area contributed by atoms with E-state index in [9.17, 15) is 0 Å². The molecule has 3 heteroatoms. The van der Waals surface area contributed by atoms with Gasteiger partial charge in [-0.3, -0.25) is 0 Å². The quantitative estimate of drug-likeness (QED) is 0.819. The summed E-state index contributed by atoms with van der Waals surface area (Å²) in [6.45, 7) is 3.49. The fraction of sp³-hybridized carbons (Fsp3) is 0.500. The lowest BCUT2D eigenvalue weighted by atomic mass is 10.1. The van der Waals surface area contributed by atoms with Crippen LogP contribution in [0.1, 0.15) is 24.9 Å². The lowest BCUT2D eigenvalue weighted by Gasteiger charge is -2.26. The molecule has 2 rings (SSSR count). The number of rotatable bonds is 4. The maximum atomic E-state index is 5.92. The molecule has 1 aliphatic rings. The number of hydrogen-bond donors (Lipinski definition) is 1. The summed E-state index contributed by atoms with van der Waals surface area (Å²) < 4.78 is 10.7. The molecule has 15 heavy (non-hydrogen) atoms. The highest BCUT2D eigenvalue weighted by atomic mass is 16.6. The molecule has 0 aliphatic carbocycles. The minimum Gasteiger partial charge on any atom is -0.486 e. The van der Waals surface area contributed by atoms with Gasteiger partial charge >= 0.3 is 0 Å². The molecule has 1 fully saturated rings. The Labute approximate surface area is 90.2 Å². The van der Waals surface area contributed by atoms with E-state index in [0.29, 0.717) is 13.2 Å². The summed E-state index contributed by atoms with van der Waals surface area (Å²) in [7, 11) is 0. The third-order valence-corrected chi connectivity index (χ3v) is 2.66. The van der Waals surface area contributed by atoms with Gasteiger partial charge < -0.3 is 15.2 Å². The van der Waals surface area contributed by atoms with E-state index in [-0.39, 0.29) is 12.1 Å². The summed E-state index contributed by atoms with van der Waals surface area (Å²) in [5.74, 6) is 0.898. The Morgan fingerprint density at radius 1 is 1.40 bits per heavy atom. The fourth-order valence-electron chi connectivity index (χ4n) is 1.50. The van der Waals surface area contributed by atoms with Crippen LogP contribution in [0, 0.1) is 0 Å². The van der Waals surface area contributed by atoms with Crippen LogP contribution in [0.2, 0.25) is 0 Å². The second-order valence-electron chi connectivity index (χ2n) is 3.86. The van der Waals surface area contributed by atoms with Crippen molar-refractivity contribution < 1.29 is 9.47 Å². The van der Waals surface area contributed by atoms with E-state index >= 15 is 0 Å². The smallest absolute Gasteiger partial charge is 0.145 e. The van der Waals surface area contributed by atoms with Crippen molar-refractivity contribution in [3.63, 3.8) is 0 Å². The van der Waals surface area contributed by atoms with E-state index in [2.05, 4.69) is 6.92 Å². The van der Waals surface area contributed by atoms with Crippen molar-refractivity contribution in [1.82, 2.24) is 0 Å². The van der Waals surface area contributed by atoms with Gasteiger partial charge in [-0.1, -0.05) is 19.1 Å². The molecular formula is C12H17NO2. The van der Waals surface area contributed by atoms with Crippen molar-refractivity contribution in [3.8, 4) is 5.75 Å². The first kappa shape index (κ1) is 10.5. The van der Waals surface area contributed by atoms with E-state index in [1.165, 1.54) is 0 Å². The summed E-state index contributed by atoms with van der Waals surface area (Å²) >= 11 is 0. The zero-order chi connectivity index (χ0) is 10.7. The van der Waals surface area contributed by atoms with Gasteiger partial charge in [0.05, 0.1) is 13.2 Å². The van der Waals surface area contributed by atoms with Gasteiger partial charge in [-0.2, -0.15) is 0 Å². The predicted molar refractivity (Wildman–Crippen MR) is 58.9 cm³/mol. The van der Waals surface area contributed by atoms with Crippen LogP contribution in [0.15, 0.2) is 24.3 Å². The molecule has 82 valence electrons. The van der Waals surface area contributed by atoms with Gasteiger partial charge in [0.2, 0.25) is 0 Å². The largest absolute Gasteiger partial charge is 0.486 e. The Morgan fingerprint density at radius 2 is 2.07 bits per heavy atom. The fourth-order valence-corrected chi connectivity index (χ4v) is 1.50. The van der Waals surface area contributed by atoms with E-state index in [0.717, 1.165) is 17.7 Å². The van der Waals surface area contributed by atoms with Crippen molar-refractivity contribution in [2.24, 2.45) is 5.73 Å². The lowest BCUT2D eigenvalue weighted by Crippen LogP contribution is -2.38. The molecule has 0 aromatic heterocycles. The molecule has 2 N–H and O–H groups in total. The average Bonchev–Trinajstić information content (AvgIpc) is 2.23. The molecular weight excluding hydrogens is 190 g/mol. The maximum Gasteiger partial charge on any atom is 0.145 e. The summed E-state index contributed by atoms with van der Waals surface area (Å²) in [6.07, 6.45) is 1.19. The van der Waals surface area contributed by atoms with Gasteiger partial charge in [-0.25, -0.2) is 0 Å². The first-order chi connectivity index (χ1) is 7.29. The van der Waals surface area contributed by atoms with Crippen LogP contribution in [0.5, 0.6) is 5.75 Å². The molecule has 1 aliphatic heterocycles. The molecule has 1 atom stereocenters. The first-order valence-corrected chi connectivity index (χ1v) is 5.39. The van der Waals surface area contributed by atoms with E-state index in [1.807, 2.05) is 24.3 Å². The average molecular weight is 207 g/mol. The monoisotopic (exact) mass is 207 g/mol. The molecule has 0 radical (unpaired) electrons. The molecule has 1 saturated heterocycles. The third kappa shape index (κ3) is 2.49. The molecule has 0 amide bonds. The van der Waals surface area contributed by atoms with Crippen LogP contribution in [0.4, 0.5) is 0 Å². The summed E-state index contributed by atoms with van der Waals surface area (Å²) in [6, 6.07) is 8.14. The highest BCUT2D eigenvalue weighted by Crippen LogP contribution is 2.20. The standard InChI is InChI=1S/C12H17NO2/c1-2-12(13)9-3-5-10(6-4-9)15-11-7-14-8-11/h3-6,11-12H,2,7-8,13H2,1H3. The normalized spacial score (nSPS) is 18.3. The first-order valence-electron chi connectivity index (χ1n) is 5.39. The summed E-state index contributed by atoms with van der Waals surface area (Å²) in [5.41, 5.74) is 7.08. The van der Waals surface area contributed by atoms with Gasteiger partial charge in [0.15, 0.2) is 0 Å². The highest BCUT2D eigenvalue weighted by molar-refractivity contribution is 5.29. The Bertz CT molecular complexity index is 306. The Balaban J connectivity index is 1.96. The van der Waals surface area contributed by atoms with Gasteiger partial charge in [-0.15, -0.1) is 0 Å². The molecule has 1 heterocycles. The third-order valence-electron chi connectivity index (χ3n) is 2.66. The van der Waals surface area contributed by atoms with Crippen LogP contribution < -0.4 is 10.5 Å². The number of nitrogens with two attached hydrogens (primary N) is 1. The minimum absolute atomic E-state index is 0.131. The van der Waals surface area contributed by atoms with Crippen molar-refractivity contribution in [3.05, 3.63) is 29.8 Å². The molecule has 1 unspecified atom stereocenters. The van der Waals surface area contributed by atoms with Crippen molar-refractivity contribution >= 4 is 0 Å². The van der Waals surface area contributed by atoms with E-state index < -0.39 is 0 Å². The van der Waals surface area contributed by atoms with E-state index in [4.69, 9.17) is 15.2 Å². The Kier molecular flexibility index (Phi) is 3.23. The van der Waals surface area contributed by atoms with Crippen molar-refractivity contribution in [2.45, 2.75) is 25.5 Å². The Morgan fingerprint density at radius 3 is 2.53 bits per heavy atom. The maximum absolute atomic E-state index is 5.92. The molecule has 0 spiro atoms. The van der Waals surface area contributed by atoms with Crippen molar-refractivity contribution in [1.29, 1.82) is 0 Å². The van der Waals surface area contributed by atoms with Crippen LogP contribution in [-0.4, -0.2) is 19.3 Å². The van der Waals surface area contributed by atoms with Crippen LogP contribution in [0.3, 0.4) is 0 Å². The van der Waals surface area contributed by atoms with Crippen LogP contribution >= 0.6 is 0 Å².